The van der Waals surface area contributed by atoms with E-state index in [1.807, 2.05) is 0 Å². The number of fused-ring (bicyclic) bond motifs is 7. The van der Waals surface area contributed by atoms with Crippen molar-refractivity contribution in [3.63, 3.8) is 0 Å². The molecule has 1 heterocycles. The SMILES string of the molecule is C=C(C1=Cc2ccccc2[C@@H]2[C@H]3CC[C@H](C3)[C@H]12)C(C)(C)OC1CCCCO1. The van der Waals surface area contributed by atoms with E-state index in [2.05, 4.69) is 50.8 Å². The molecule has 2 saturated carbocycles. The zero-order valence-corrected chi connectivity index (χ0v) is 16.7. The second kappa shape index (κ2) is 6.60. The minimum Gasteiger partial charge on any atom is -0.353 e. The van der Waals surface area contributed by atoms with Gasteiger partial charge in [-0.25, -0.2) is 0 Å². The molecule has 0 amide bonds. The van der Waals surface area contributed by atoms with Crippen molar-refractivity contribution in [1.82, 2.24) is 0 Å². The summed E-state index contributed by atoms with van der Waals surface area (Å²) in [6.45, 7) is 9.76. The molecule has 2 bridgehead atoms. The molecule has 3 fully saturated rings. The Morgan fingerprint density at radius 2 is 1.85 bits per heavy atom. The molecule has 1 aliphatic heterocycles. The van der Waals surface area contributed by atoms with Gasteiger partial charge < -0.3 is 9.47 Å². The average molecular weight is 365 g/mol. The van der Waals surface area contributed by atoms with Crippen LogP contribution < -0.4 is 0 Å². The lowest BCUT2D eigenvalue weighted by molar-refractivity contribution is -0.204. The van der Waals surface area contributed by atoms with E-state index in [4.69, 9.17) is 9.47 Å². The molecule has 1 saturated heterocycles. The summed E-state index contributed by atoms with van der Waals surface area (Å²) in [4.78, 5) is 0. The van der Waals surface area contributed by atoms with Crippen molar-refractivity contribution in [3.8, 4) is 0 Å². The largest absolute Gasteiger partial charge is 0.353 e. The third-order valence-electron chi connectivity index (χ3n) is 7.58. The molecule has 5 atom stereocenters. The minimum absolute atomic E-state index is 0.0854. The standard InChI is InChI=1S/C25H32O2/c1-16(25(2,3)27-22-10-6-7-13-26-22)21-15-17-8-4-5-9-20(17)23-18-11-12-19(14-18)24(21)23/h4-5,8-9,15,18-19,22-24H,1,6-7,10-14H2,2-3H3/t18-,19+,22?,23-,24+/m0/s1. The van der Waals surface area contributed by atoms with E-state index in [1.165, 1.54) is 36.8 Å². The molecular weight excluding hydrogens is 332 g/mol. The molecule has 2 heteroatoms. The van der Waals surface area contributed by atoms with Gasteiger partial charge in [0, 0.05) is 6.61 Å². The van der Waals surface area contributed by atoms with Crippen molar-refractivity contribution in [3.05, 3.63) is 53.1 Å². The summed E-state index contributed by atoms with van der Waals surface area (Å²) in [5.74, 6) is 2.97. The summed E-state index contributed by atoms with van der Waals surface area (Å²) in [7, 11) is 0. The third kappa shape index (κ3) is 2.93. The smallest absolute Gasteiger partial charge is 0.158 e. The van der Waals surface area contributed by atoms with Crippen LogP contribution in [0.15, 0.2) is 42.0 Å². The number of hydrogen-bond acceptors (Lipinski definition) is 2. The summed E-state index contributed by atoms with van der Waals surface area (Å²) in [6.07, 6.45) is 9.84. The van der Waals surface area contributed by atoms with Crippen molar-refractivity contribution in [2.24, 2.45) is 17.8 Å². The van der Waals surface area contributed by atoms with E-state index in [0.29, 0.717) is 11.8 Å². The van der Waals surface area contributed by atoms with E-state index in [-0.39, 0.29) is 6.29 Å². The number of rotatable bonds is 4. The van der Waals surface area contributed by atoms with E-state index >= 15 is 0 Å². The second-order valence-corrected chi connectivity index (χ2v) is 9.52. The first-order valence-corrected chi connectivity index (χ1v) is 10.8. The molecule has 0 radical (unpaired) electrons. The lowest BCUT2D eigenvalue weighted by atomic mass is 9.65. The Morgan fingerprint density at radius 1 is 1.07 bits per heavy atom. The Bertz CT molecular complexity index is 768. The van der Waals surface area contributed by atoms with Crippen LogP contribution in [0.4, 0.5) is 0 Å². The molecule has 1 aromatic rings. The maximum absolute atomic E-state index is 6.45. The van der Waals surface area contributed by atoms with Crippen LogP contribution in [-0.4, -0.2) is 18.5 Å². The lowest BCUT2D eigenvalue weighted by Gasteiger charge is -2.42. The normalized spacial score (nSPS) is 34.7. The molecule has 27 heavy (non-hydrogen) atoms. The highest BCUT2D eigenvalue weighted by atomic mass is 16.7. The van der Waals surface area contributed by atoms with Gasteiger partial charge in [-0.05, 0) is 98.3 Å². The van der Waals surface area contributed by atoms with Gasteiger partial charge in [0.25, 0.3) is 0 Å². The quantitative estimate of drug-likeness (QED) is 0.643. The van der Waals surface area contributed by atoms with E-state index in [1.54, 1.807) is 5.56 Å². The Kier molecular flexibility index (Phi) is 4.33. The minimum atomic E-state index is -0.396. The topological polar surface area (TPSA) is 18.5 Å². The summed E-state index contributed by atoms with van der Waals surface area (Å²) in [5.41, 5.74) is 5.18. The molecule has 4 aliphatic rings. The highest BCUT2D eigenvalue weighted by Gasteiger charge is 2.52. The van der Waals surface area contributed by atoms with Crippen molar-refractivity contribution in [2.45, 2.75) is 70.2 Å². The first-order chi connectivity index (χ1) is 13.0. The zero-order valence-electron chi connectivity index (χ0n) is 16.7. The Labute approximate surface area is 163 Å². The first-order valence-electron chi connectivity index (χ1n) is 10.8. The highest BCUT2D eigenvalue weighted by molar-refractivity contribution is 5.68. The molecule has 2 nitrogen and oxygen atoms in total. The summed E-state index contributed by atoms with van der Waals surface area (Å²) < 4.78 is 12.3. The Hall–Kier alpha value is -1.38. The fourth-order valence-electron chi connectivity index (χ4n) is 6.24. The van der Waals surface area contributed by atoms with Gasteiger partial charge in [0.1, 0.15) is 0 Å². The number of ether oxygens (including phenoxy) is 2. The zero-order chi connectivity index (χ0) is 18.6. The van der Waals surface area contributed by atoms with Gasteiger partial charge in [-0.3, -0.25) is 0 Å². The van der Waals surface area contributed by atoms with Gasteiger partial charge in [-0.2, -0.15) is 0 Å². The van der Waals surface area contributed by atoms with Crippen LogP contribution in [0, 0.1) is 17.8 Å². The van der Waals surface area contributed by atoms with Crippen LogP contribution in [0.2, 0.25) is 0 Å². The monoisotopic (exact) mass is 364 g/mol. The van der Waals surface area contributed by atoms with Crippen molar-refractivity contribution < 1.29 is 9.47 Å². The predicted molar refractivity (Wildman–Crippen MR) is 109 cm³/mol. The van der Waals surface area contributed by atoms with Crippen LogP contribution in [0.25, 0.3) is 6.08 Å². The maximum Gasteiger partial charge on any atom is 0.158 e. The van der Waals surface area contributed by atoms with Crippen molar-refractivity contribution in [2.75, 3.05) is 6.61 Å². The van der Waals surface area contributed by atoms with Crippen LogP contribution in [0.5, 0.6) is 0 Å². The molecule has 0 N–H and O–H groups in total. The summed E-state index contributed by atoms with van der Waals surface area (Å²) >= 11 is 0. The average Bonchev–Trinajstić information content (AvgIpc) is 3.30. The second-order valence-electron chi connectivity index (χ2n) is 9.52. The van der Waals surface area contributed by atoms with Crippen molar-refractivity contribution >= 4 is 6.08 Å². The van der Waals surface area contributed by atoms with Gasteiger partial charge in [0.2, 0.25) is 0 Å². The van der Waals surface area contributed by atoms with E-state index < -0.39 is 5.60 Å². The van der Waals surface area contributed by atoms with E-state index in [9.17, 15) is 0 Å². The molecule has 1 aromatic carbocycles. The lowest BCUT2D eigenvalue weighted by Crippen LogP contribution is -2.38. The predicted octanol–water partition coefficient (Wildman–Crippen LogP) is 6.09. The highest BCUT2D eigenvalue weighted by Crippen LogP contribution is 2.62. The molecule has 0 spiro atoms. The molecule has 1 unspecified atom stereocenters. The van der Waals surface area contributed by atoms with Crippen LogP contribution in [0.1, 0.15) is 69.4 Å². The maximum atomic E-state index is 6.45. The fraction of sp³-hybridized carbons (Fsp3) is 0.600. The summed E-state index contributed by atoms with van der Waals surface area (Å²) in [6, 6.07) is 9.02. The van der Waals surface area contributed by atoms with Gasteiger partial charge in [-0.1, -0.05) is 36.9 Å². The van der Waals surface area contributed by atoms with Crippen LogP contribution in [0.3, 0.4) is 0 Å². The number of hydrogen-bond donors (Lipinski definition) is 0. The molecule has 3 aliphatic carbocycles. The first kappa shape index (κ1) is 17.7. The van der Waals surface area contributed by atoms with Crippen molar-refractivity contribution in [1.29, 1.82) is 0 Å². The number of benzene rings is 1. The Morgan fingerprint density at radius 3 is 2.63 bits per heavy atom. The van der Waals surface area contributed by atoms with Gasteiger partial charge in [0.05, 0.1) is 5.60 Å². The molecule has 5 rings (SSSR count). The molecular formula is C25H32O2. The molecule has 0 aromatic heterocycles. The molecule has 144 valence electrons. The summed E-state index contributed by atoms with van der Waals surface area (Å²) in [5, 5.41) is 0. The van der Waals surface area contributed by atoms with Gasteiger partial charge in [-0.15, -0.1) is 0 Å². The van der Waals surface area contributed by atoms with Gasteiger partial charge in [0.15, 0.2) is 6.29 Å². The fourth-order valence-corrected chi connectivity index (χ4v) is 6.24. The Balaban J connectivity index is 1.47. The van der Waals surface area contributed by atoms with Crippen LogP contribution >= 0.6 is 0 Å². The van der Waals surface area contributed by atoms with Gasteiger partial charge >= 0.3 is 0 Å². The van der Waals surface area contributed by atoms with Crippen LogP contribution in [-0.2, 0) is 9.47 Å². The third-order valence-corrected chi connectivity index (χ3v) is 7.58. The van der Waals surface area contributed by atoms with E-state index in [0.717, 1.165) is 36.9 Å².